The molecular formula is C31H43N7O5. The maximum absolute atomic E-state index is 14.0. The summed E-state index contributed by atoms with van der Waals surface area (Å²) in [5, 5.41) is 16.4. The van der Waals surface area contributed by atoms with Crippen LogP contribution in [0.4, 0.5) is 0 Å². The first-order valence-electron chi connectivity index (χ1n) is 14.5. The molecule has 1 saturated heterocycles. The Kier molecular flexibility index (Phi) is 11.5. The third-order valence-corrected chi connectivity index (χ3v) is 7.61. The summed E-state index contributed by atoms with van der Waals surface area (Å²) in [7, 11) is 0. The van der Waals surface area contributed by atoms with E-state index in [0.717, 1.165) is 27.6 Å². The molecule has 2 aromatic rings. The van der Waals surface area contributed by atoms with Gasteiger partial charge in [-0.05, 0) is 57.2 Å². The summed E-state index contributed by atoms with van der Waals surface area (Å²) in [5.41, 5.74) is 14.1. The highest BCUT2D eigenvalue weighted by molar-refractivity contribution is 5.97. The van der Waals surface area contributed by atoms with Gasteiger partial charge in [0, 0.05) is 48.6 Å². The third kappa shape index (κ3) is 8.69. The second kappa shape index (κ2) is 15.0. The van der Waals surface area contributed by atoms with Gasteiger partial charge in [0.2, 0.25) is 17.7 Å². The number of rotatable bonds is 13. The smallest absolute Gasteiger partial charge is 0.326 e. The number of aromatic nitrogens is 1. The van der Waals surface area contributed by atoms with Gasteiger partial charge < -0.3 is 37.1 Å². The van der Waals surface area contributed by atoms with Gasteiger partial charge in [-0.25, -0.2) is 4.79 Å². The number of allylic oxidation sites excluding steroid dienone is 2. The Labute approximate surface area is 251 Å². The van der Waals surface area contributed by atoms with Crippen molar-refractivity contribution in [2.24, 2.45) is 22.4 Å². The van der Waals surface area contributed by atoms with Crippen LogP contribution in [0.25, 0.3) is 10.9 Å². The van der Waals surface area contributed by atoms with Crippen molar-refractivity contribution >= 4 is 40.6 Å². The van der Waals surface area contributed by atoms with E-state index in [4.69, 9.17) is 11.5 Å². The van der Waals surface area contributed by atoms with E-state index in [-0.39, 0.29) is 24.8 Å². The monoisotopic (exact) mass is 593 g/mol. The van der Waals surface area contributed by atoms with Crippen molar-refractivity contribution in [1.82, 2.24) is 20.5 Å². The lowest BCUT2D eigenvalue weighted by Crippen LogP contribution is -2.56. The number of benzene rings is 1. The predicted octanol–water partition coefficient (Wildman–Crippen LogP) is 1.97. The third-order valence-electron chi connectivity index (χ3n) is 7.61. The minimum Gasteiger partial charge on any atom is -0.480 e. The number of aromatic amines is 1. The minimum atomic E-state index is -1.21. The number of H-pyrrole nitrogens is 1. The number of fused-ring (bicyclic) bond motifs is 1. The summed E-state index contributed by atoms with van der Waals surface area (Å²) >= 11 is 0. The van der Waals surface area contributed by atoms with E-state index in [1.54, 1.807) is 20.0 Å². The average molecular weight is 594 g/mol. The number of aliphatic carboxylic acids is 1. The molecule has 3 amide bonds. The molecule has 3 rings (SSSR count). The number of nitrogens with two attached hydrogens (primary N) is 2. The summed E-state index contributed by atoms with van der Waals surface area (Å²) in [5.74, 6) is -2.94. The van der Waals surface area contributed by atoms with E-state index in [1.807, 2.05) is 44.2 Å². The van der Waals surface area contributed by atoms with Crippen molar-refractivity contribution in [2.45, 2.75) is 71.5 Å². The lowest BCUT2D eigenvalue weighted by atomic mass is 9.96. The first kappa shape index (κ1) is 32.9. The highest BCUT2D eigenvalue weighted by Gasteiger charge is 2.44. The van der Waals surface area contributed by atoms with Crippen LogP contribution in [0.1, 0.15) is 52.5 Å². The van der Waals surface area contributed by atoms with Crippen molar-refractivity contribution in [3.8, 4) is 0 Å². The molecule has 1 fully saturated rings. The normalized spacial score (nSPS) is 18.6. The van der Waals surface area contributed by atoms with E-state index in [1.165, 1.54) is 11.0 Å². The number of para-hydroxylation sites is 1. The van der Waals surface area contributed by atoms with Crippen molar-refractivity contribution < 1.29 is 24.3 Å². The zero-order chi connectivity index (χ0) is 31.7. The van der Waals surface area contributed by atoms with Crippen molar-refractivity contribution in [2.75, 3.05) is 13.1 Å². The molecule has 2 heterocycles. The lowest BCUT2D eigenvalue weighted by molar-refractivity contribution is -0.145. The fourth-order valence-electron chi connectivity index (χ4n) is 5.43. The lowest BCUT2D eigenvalue weighted by Gasteiger charge is -2.30. The second-order valence-electron chi connectivity index (χ2n) is 11.1. The molecule has 0 aliphatic carbocycles. The molecule has 1 aliphatic rings. The highest BCUT2D eigenvalue weighted by Crippen LogP contribution is 2.31. The van der Waals surface area contributed by atoms with Gasteiger partial charge >= 0.3 is 5.97 Å². The highest BCUT2D eigenvalue weighted by atomic mass is 16.4. The Morgan fingerprint density at radius 1 is 1.14 bits per heavy atom. The van der Waals surface area contributed by atoms with Crippen molar-refractivity contribution in [3.05, 3.63) is 59.3 Å². The van der Waals surface area contributed by atoms with Crippen LogP contribution < -0.4 is 22.1 Å². The van der Waals surface area contributed by atoms with E-state index in [9.17, 15) is 24.3 Å². The van der Waals surface area contributed by atoms with Crippen LogP contribution >= 0.6 is 0 Å². The van der Waals surface area contributed by atoms with Crippen LogP contribution in [0.3, 0.4) is 0 Å². The molecule has 0 spiro atoms. The summed E-state index contributed by atoms with van der Waals surface area (Å²) in [6.07, 6.45) is 6.53. The molecule has 12 heteroatoms. The summed E-state index contributed by atoms with van der Waals surface area (Å²) < 4.78 is 0. The number of hydrogen-bond donors (Lipinski definition) is 6. The maximum atomic E-state index is 14.0. The molecule has 0 unspecified atom stereocenters. The number of likely N-dealkylation sites (tertiary alicyclic amines) is 1. The van der Waals surface area contributed by atoms with Gasteiger partial charge in [0.15, 0.2) is 5.96 Å². The van der Waals surface area contributed by atoms with Crippen molar-refractivity contribution in [3.63, 3.8) is 0 Å². The zero-order valence-electron chi connectivity index (χ0n) is 25.2. The second-order valence-corrected chi connectivity index (χ2v) is 11.1. The number of aliphatic imine (C=N–C) groups is 1. The Bertz CT molecular complexity index is 1420. The van der Waals surface area contributed by atoms with Gasteiger partial charge in [0.25, 0.3) is 0 Å². The van der Waals surface area contributed by atoms with E-state index >= 15 is 0 Å². The minimum absolute atomic E-state index is 0.0207. The number of carboxylic acid groups (broad SMARTS) is 1. The van der Waals surface area contributed by atoms with E-state index in [2.05, 4.69) is 20.6 Å². The number of carbonyl (C=O) groups excluding carboxylic acids is 3. The Hall–Kier alpha value is -4.61. The van der Waals surface area contributed by atoms with Crippen LogP contribution in [-0.2, 0) is 25.6 Å². The van der Waals surface area contributed by atoms with E-state index in [0.29, 0.717) is 25.8 Å². The number of guanidine groups is 1. The van der Waals surface area contributed by atoms with Crippen LogP contribution in [0, 0.1) is 5.92 Å². The molecule has 1 aromatic carbocycles. The maximum Gasteiger partial charge on any atom is 0.326 e. The molecule has 8 N–H and O–H groups in total. The quantitative estimate of drug-likeness (QED) is 0.0671. The van der Waals surface area contributed by atoms with Gasteiger partial charge in [0.1, 0.15) is 18.1 Å². The number of nitrogens with one attached hydrogen (secondary N) is 3. The van der Waals surface area contributed by atoms with Crippen LogP contribution in [-0.4, -0.2) is 75.9 Å². The molecule has 0 bridgehead atoms. The number of unbranched alkanes of at least 4 members (excludes halogenated alkanes) is 1. The SMILES string of the molecule is C/C=C1\CN(C(=O)[C@H](CCCCN=C(N)N)NC(=O)C=C(C)C)[C@H](C(=O)N[C@@H](Cc2c[nH]c3ccccc23)C(=O)O)[C@@H]1C. The number of nitrogens with zero attached hydrogens (tertiary/aromatic N) is 2. The standard InChI is InChI=1S/C31H43N7O5/c1-5-20-17-38(29(41)24(36-26(39)14-18(2)3)12-8-9-13-34-31(32)33)27(19(20)4)28(40)37-25(30(42)43)15-21-16-35-23-11-7-6-10-22(21)23/h5-7,10-11,14,16,19,24-25,27,35H,8-9,12-13,15,17H2,1-4H3,(H,36,39)(H,37,40)(H,42,43)(H4,32,33,34)/b20-5+/t19-,24+,25+,27+/m1/s1. The average Bonchev–Trinajstić information content (AvgIpc) is 3.51. The van der Waals surface area contributed by atoms with Gasteiger partial charge in [0.05, 0.1) is 0 Å². The molecule has 1 aromatic heterocycles. The number of carboxylic acids is 1. The van der Waals surface area contributed by atoms with Gasteiger partial charge in [-0.1, -0.05) is 36.8 Å². The summed E-state index contributed by atoms with van der Waals surface area (Å²) in [4.78, 5) is 61.2. The first-order valence-corrected chi connectivity index (χ1v) is 14.5. The largest absolute Gasteiger partial charge is 0.480 e. The summed E-state index contributed by atoms with van der Waals surface area (Å²) in [6, 6.07) is 4.46. The molecule has 232 valence electrons. The predicted molar refractivity (Wildman–Crippen MR) is 166 cm³/mol. The number of carbonyl (C=O) groups is 4. The van der Waals surface area contributed by atoms with E-state index < -0.39 is 41.8 Å². The fourth-order valence-corrected chi connectivity index (χ4v) is 5.43. The van der Waals surface area contributed by atoms with Crippen molar-refractivity contribution in [1.29, 1.82) is 0 Å². The van der Waals surface area contributed by atoms with Crippen LogP contribution in [0.15, 0.2) is 58.8 Å². The molecule has 4 atom stereocenters. The topological polar surface area (TPSA) is 196 Å². The molecular weight excluding hydrogens is 550 g/mol. The molecule has 0 saturated carbocycles. The first-order chi connectivity index (χ1) is 20.4. The van der Waals surface area contributed by atoms with Gasteiger partial charge in [-0.15, -0.1) is 0 Å². The summed E-state index contributed by atoms with van der Waals surface area (Å²) in [6.45, 7) is 7.81. The molecule has 0 radical (unpaired) electrons. The molecule has 43 heavy (non-hydrogen) atoms. The van der Waals surface area contributed by atoms with Gasteiger partial charge in [-0.2, -0.15) is 0 Å². The molecule has 1 aliphatic heterocycles. The zero-order valence-corrected chi connectivity index (χ0v) is 25.2. The van der Waals surface area contributed by atoms with Crippen LogP contribution in [0.2, 0.25) is 0 Å². The van der Waals surface area contributed by atoms with Gasteiger partial charge in [-0.3, -0.25) is 19.4 Å². The number of hydrogen-bond acceptors (Lipinski definition) is 5. The Balaban J connectivity index is 1.83. The van der Waals surface area contributed by atoms with Crippen LogP contribution in [0.5, 0.6) is 0 Å². The fraction of sp³-hybridized carbons (Fsp3) is 0.452. The number of amides is 3. The molecule has 12 nitrogen and oxygen atoms in total. The Morgan fingerprint density at radius 2 is 1.86 bits per heavy atom. The Morgan fingerprint density at radius 3 is 2.51 bits per heavy atom.